The summed E-state index contributed by atoms with van der Waals surface area (Å²) >= 11 is 0. The van der Waals surface area contributed by atoms with Crippen molar-refractivity contribution in [1.82, 2.24) is 10.2 Å². The van der Waals surface area contributed by atoms with Gasteiger partial charge in [0.2, 0.25) is 21.8 Å². The zero-order chi connectivity index (χ0) is 27.0. The van der Waals surface area contributed by atoms with Crippen molar-refractivity contribution >= 4 is 27.5 Å². The Labute approximate surface area is 221 Å². The number of benzene rings is 2. The van der Waals surface area contributed by atoms with Crippen LogP contribution in [0, 0.1) is 0 Å². The van der Waals surface area contributed by atoms with Gasteiger partial charge in [0.15, 0.2) is 0 Å². The Balaban J connectivity index is 1.86. The van der Waals surface area contributed by atoms with Crippen LogP contribution in [0.15, 0.2) is 48.5 Å². The Hall–Kier alpha value is -3.07. The molecule has 0 aromatic heterocycles. The van der Waals surface area contributed by atoms with Gasteiger partial charge in [0, 0.05) is 12.6 Å². The summed E-state index contributed by atoms with van der Waals surface area (Å²) in [5, 5.41) is 3.10. The molecule has 37 heavy (non-hydrogen) atoms. The molecule has 1 saturated carbocycles. The van der Waals surface area contributed by atoms with Crippen molar-refractivity contribution in [1.29, 1.82) is 0 Å². The molecule has 1 aliphatic carbocycles. The van der Waals surface area contributed by atoms with Gasteiger partial charge in [-0.25, -0.2) is 8.42 Å². The Bertz CT molecular complexity index is 1140. The predicted molar refractivity (Wildman–Crippen MR) is 146 cm³/mol. The van der Waals surface area contributed by atoms with Crippen LogP contribution in [0.5, 0.6) is 5.75 Å². The van der Waals surface area contributed by atoms with Gasteiger partial charge in [0.25, 0.3) is 0 Å². The van der Waals surface area contributed by atoms with Crippen LogP contribution in [0.4, 0.5) is 5.69 Å². The monoisotopic (exact) mass is 529 g/mol. The fourth-order valence-electron chi connectivity index (χ4n) is 4.59. The first-order valence-electron chi connectivity index (χ1n) is 12.9. The van der Waals surface area contributed by atoms with Crippen LogP contribution in [-0.4, -0.2) is 57.1 Å². The van der Waals surface area contributed by atoms with Gasteiger partial charge >= 0.3 is 0 Å². The van der Waals surface area contributed by atoms with Crippen molar-refractivity contribution in [2.45, 2.75) is 71.0 Å². The minimum atomic E-state index is -3.75. The third kappa shape index (κ3) is 7.95. The lowest BCUT2D eigenvalue weighted by atomic mass is 9.95. The molecule has 0 saturated heterocycles. The highest BCUT2D eigenvalue weighted by Crippen LogP contribution is 2.22. The van der Waals surface area contributed by atoms with Crippen LogP contribution in [0.2, 0.25) is 0 Å². The van der Waals surface area contributed by atoms with Gasteiger partial charge in [0.1, 0.15) is 18.3 Å². The first-order chi connectivity index (χ1) is 17.6. The summed E-state index contributed by atoms with van der Waals surface area (Å²) in [6.07, 6.45) is 7.09. The molecule has 0 bridgehead atoms. The van der Waals surface area contributed by atoms with Crippen LogP contribution in [-0.2, 0) is 32.6 Å². The number of aryl methyl sites for hydroxylation is 1. The van der Waals surface area contributed by atoms with Crippen molar-refractivity contribution < 1.29 is 22.7 Å². The molecule has 1 atom stereocenters. The summed E-state index contributed by atoms with van der Waals surface area (Å²) < 4.78 is 31.7. The molecule has 8 nitrogen and oxygen atoms in total. The summed E-state index contributed by atoms with van der Waals surface area (Å²) in [5.41, 5.74) is 2.29. The lowest BCUT2D eigenvalue weighted by Gasteiger charge is -2.33. The summed E-state index contributed by atoms with van der Waals surface area (Å²) in [6.45, 7) is 3.47. The van der Waals surface area contributed by atoms with Gasteiger partial charge in [-0.05, 0) is 61.6 Å². The number of carbonyl (C=O) groups is 2. The molecule has 0 spiro atoms. The van der Waals surface area contributed by atoms with Crippen LogP contribution in [0.3, 0.4) is 0 Å². The van der Waals surface area contributed by atoms with Gasteiger partial charge in [-0.15, -0.1) is 0 Å². The molecule has 0 aliphatic heterocycles. The highest BCUT2D eigenvalue weighted by atomic mass is 32.2. The molecule has 1 fully saturated rings. The third-order valence-electron chi connectivity index (χ3n) is 6.94. The fourth-order valence-corrected chi connectivity index (χ4v) is 5.44. The highest BCUT2D eigenvalue weighted by molar-refractivity contribution is 7.92. The normalized spacial score (nSPS) is 15.0. The van der Waals surface area contributed by atoms with Crippen molar-refractivity contribution in [3.63, 3.8) is 0 Å². The average molecular weight is 530 g/mol. The van der Waals surface area contributed by atoms with Gasteiger partial charge < -0.3 is 15.0 Å². The zero-order valence-corrected chi connectivity index (χ0v) is 23.1. The van der Waals surface area contributed by atoms with E-state index < -0.39 is 28.5 Å². The Kier molecular flexibility index (Phi) is 9.97. The van der Waals surface area contributed by atoms with E-state index in [9.17, 15) is 18.0 Å². The van der Waals surface area contributed by atoms with E-state index in [1.54, 1.807) is 38.3 Å². The molecule has 1 N–H and O–H groups in total. The number of nitrogens with zero attached hydrogens (tertiary/aromatic N) is 2. The number of methoxy groups -OCH3 is 1. The van der Waals surface area contributed by atoms with Crippen molar-refractivity contribution in [2.75, 3.05) is 24.2 Å². The zero-order valence-electron chi connectivity index (χ0n) is 22.3. The quantitative estimate of drug-likeness (QED) is 0.477. The maximum absolute atomic E-state index is 13.7. The number of carbonyl (C=O) groups excluding carboxylic acids is 2. The van der Waals surface area contributed by atoms with E-state index in [0.29, 0.717) is 11.4 Å². The van der Waals surface area contributed by atoms with E-state index in [2.05, 4.69) is 5.32 Å². The van der Waals surface area contributed by atoms with Gasteiger partial charge in [-0.3, -0.25) is 13.9 Å². The summed E-state index contributed by atoms with van der Waals surface area (Å²) in [4.78, 5) is 28.3. The van der Waals surface area contributed by atoms with E-state index in [0.717, 1.165) is 53.8 Å². The van der Waals surface area contributed by atoms with Crippen LogP contribution < -0.4 is 14.4 Å². The van der Waals surface area contributed by atoms with E-state index in [1.165, 1.54) is 11.3 Å². The number of hydrogen-bond donors (Lipinski definition) is 1. The summed E-state index contributed by atoms with van der Waals surface area (Å²) in [5.74, 6) is 0.00238. The molecular weight excluding hydrogens is 490 g/mol. The Morgan fingerprint density at radius 1 is 1.00 bits per heavy atom. The number of nitrogens with one attached hydrogen (secondary N) is 1. The van der Waals surface area contributed by atoms with E-state index >= 15 is 0 Å². The predicted octanol–water partition coefficient (Wildman–Crippen LogP) is 3.89. The first kappa shape index (κ1) is 28.5. The average Bonchev–Trinajstić information content (AvgIpc) is 2.90. The second-order valence-corrected chi connectivity index (χ2v) is 11.6. The smallest absolute Gasteiger partial charge is 0.244 e. The van der Waals surface area contributed by atoms with Crippen molar-refractivity contribution in [2.24, 2.45) is 0 Å². The van der Waals surface area contributed by atoms with Gasteiger partial charge in [0.05, 0.1) is 19.1 Å². The second-order valence-electron chi connectivity index (χ2n) is 9.68. The van der Waals surface area contributed by atoms with Crippen LogP contribution >= 0.6 is 0 Å². The Morgan fingerprint density at radius 3 is 2.14 bits per heavy atom. The standard InChI is InChI=1S/C28H39N3O5S/c1-5-22-11-15-25(16-12-22)31(37(4,34)35)20-27(32)30(19-23-13-17-26(36-3)18-14-23)21(2)28(33)29-24-9-7-6-8-10-24/h11-18,21,24H,5-10,19-20H2,1-4H3,(H,29,33)/t21-/m1/s1. The summed E-state index contributed by atoms with van der Waals surface area (Å²) in [6, 6.07) is 13.7. The number of sulfonamides is 1. The third-order valence-corrected chi connectivity index (χ3v) is 8.08. The van der Waals surface area contributed by atoms with Crippen molar-refractivity contribution in [3.05, 3.63) is 59.7 Å². The fraction of sp³-hybridized carbons (Fsp3) is 0.500. The number of ether oxygens (including phenoxy) is 1. The molecule has 9 heteroatoms. The number of anilines is 1. The lowest BCUT2D eigenvalue weighted by molar-refractivity contribution is -0.139. The van der Waals surface area contributed by atoms with Crippen LogP contribution in [0.1, 0.15) is 57.1 Å². The maximum atomic E-state index is 13.7. The molecule has 2 aromatic carbocycles. The number of amides is 2. The molecule has 0 unspecified atom stereocenters. The van der Waals surface area contributed by atoms with E-state index in [1.807, 2.05) is 31.2 Å². The molecule has 0 heterocycles. The second kappa shape index (κ2) is 12.9. The molecule has 3 rings (SSSR count). The highest BCUT2D eigenvalue weighted by Gasteiger charge is 2.31. The molecule has 1 aliphatic rings. The molecular formula is C28H39N3O5S. The molecule has 202 valence electrons. The van der Waals surface area contributed by atoms with E-state index in [4.69, 9.17) is 4.74 Å². The minimum Gasteiger partial charge on any atom is -0.497 e. The minimum absolute atomic E-state index is 0.103. The SMILES string of the molecule is CCc1ccc(N(CC(=O)N(Cc2ccc(OC)cc2)[C@H](C)C(=O)NC2CCCCC2)S(C)(=O)=O)cc1. The maximum Gasteiger partial charge on any atom is 0.244 e. The van der Waals surface area contributed by atoms with Crippen molar-refractivity contribution in [3.8, 4) is 5.75 Å². The number of hydrogen-bond acceptors (Lipinski definition) is 5. The van der Waals surface area contributed by atoms with E-state index in [-0.39, 0.29) is 18.5 Å². The molecule has 2 amide bonds. The molecule has 0 radical (unpaired) electrons. The summed E-state index contributed by atoms with van der Waals surface area (Å²) in [7, 11) is -2.17. The number of rotatable bonds is 11. The molecule has 2 aromatic rings. The topological polar surface area (TPSA) is 96.0 Å². The lowest BCUT2D eigenvalue weighted by Crippen LogP contribution is -2.52. The van der Waals surface area contributed by atoms with Crippen LogP contribution in [0.25, 0.3) is 0 Å². The van der Waals surface area contributed by atoms with Gasteiger partial charge in [-0.1, -0.05) is 50.5 Å². The largest absolute Gasteiger partial charge is 0.497 e. The Morgan fingerprint density at radius 2 is 1.59 bits per heavy atom. The van der Waals surface area contributed by atoms with Gasteiger partial charge in [-0.2, -0.15) is 0 Å². The first-order valence-corrected chi connectivity index (χ1v) is 14.8.